The molecule has 0 aliphatic rings. The normalized spacial score (nSPS) is 10.1. The van der Waals surface area contributed by atoms with Gasteiger partial charge in [0.1, 0.15) is 23.1 Å². The van der Waals surface area contributed by atoms with Gasteiger partial charge in [-0.05, 0) is 38.1 Å². The Morgan fingerprint density at radius 1 is 1.15 bits per heavy atom. The van der Waals surface area contributed by atoms with Crippen LogP contribution in [0.5, 0.6) is 5.75 Å². The van der Waals surface area contributed by atoms with E-state index in [9.17, 15) is 9.59 Å². The predicted molar refractivity (Wildman–Crippen MR) is 100 cm³/mol. The summed E-state index contributed by atoms with van der Waals surface area (Å²) in [5.41, 5.74) is 1.67. The van der Waals surface area contributed by atoms with Gasteiger partial charge in [0, 0.05) is 11.3 Å². The highest BCUT2D eigenvalue weighted by atomic mass is 32.2. The second-order valence-corrected chi connectivity index (χ2v) is 6.40. The Labute approximate surface area is 155 Å². The van der Waals surface area contributed by atoms with Crippen LogP contribution in [-0.4, -0.2) is 30.4 Å². The molecule has 0 spiro atoms. The molecule has 136 valence electrons. The fourth-order valence-corrected chi connectivity index (χ4v) is 2.74. The number of anilines is 2. The highest BCUT2D eigenvalue weighted by Gasteiger charge is 2.16. The van der Waals surface area contributed by atoms with Gasteiger partial charge in [-0.2, -0.15) is 5.26 Å². The first-order valence-corrected chi connectivity index (χ1v) is 8.91. The van der Waals surface area contributed by atoms with Crippen molar-refractivity contribution in [3.63, 3.8) is 0 Å². The Hall–Kier alpha value is -2.92. The molecule has 0 radical (unpaired) electrons. The highest BCUT2D eigenvalue weighted by Crippen LogP contribution is 2.25. The van der Waals surface area contributed by atoms with Gasteiger partial charge in [0.15, 0.2) is 0 Å². The van der Waals surface area contributed by atoms with Crippen molar-refractivity contribution in [2.45, 2.75) is 13.8 Å². The molecule has 0 saturated carbocycles. The van der Waals surface area contributed by atoms with Crippen LogP contribution in [0.15, 0.2) is 28.7 Å². The van der Waals surface area contributed by atoms with Crippen LogP contribution >= 0.6 is 11.8 Å². The number of carbonyl (C=O) groups excluding carboxylic acids is 2. The molecule has 26 heavy (non-hydrogen) atoms. The third kappa shape index (κ3) is 5.04. The number of nitrogens with zero attached hydrogens (tertiary/aromatic N) is 1. The van der Waals surface area contributed by atoms with Crippen molar-refractivity contribution in [1.82, 2.24) is 0 Å². The summed E-state index contributed by atoms with van der Waals surface area (Å²) in [5, 5.41) is 14.4. The zero-order valence-corrected chi connectivity index (χ0v) is 15.5. The molecular weight excluding hydrogens is 354 g/mol. The average molecular weight is 373 g/mol. The van der Waals surface area contributed by atoms with Gasteiger partial charge in [-0.3, -0.25) is 14.9 Å². The number of rotatable bonds is 7. The van der Waals surface area contributed by atoms with Gasteiger partial charge in [-0.15, -0.1) is 11.8 Å². The summed E-state index contributed by atoms with van der Waals surface area (Å²) in [6, 6.07) is 8.97. The SMILES string of the molecule is COc1ccc(NC(=O)CSCC(=O)Nc2oc(C)c(C)c2C#N)cc1. The van der Waals surface area contributed by atoms with Crippen molar-refractivity contribution in [2.24, 2.45) is 0 Å². The molecule has 2 N–H and O–H groups in total. The average Bonchev–Trinajstić information content (AvgIpc) is 2.88. The van der Waals surface area contributed by atoms with Crippen LogP contribution in [0.4, 0.5) is 11.6 Å². The van der Waals surface area contributed by atoms with E-state index in [1.165, 1.54) is 11.8 Å². The molecule has 0 unspecified atom stereocenters. The zero-order valence-electron chi connectivity index (χ0n) is 14.7. The van der Waals surface area contributed by atoms with E-state index >= 15 is 0 Å². The second kappa shape index (κ2) is 8.97. The molecule has 2 aromatic rings. The summed E-state index contributed by atoms with van der Waals surface area (Å²) in [6.07, 6.45) is 0. The standard InChI is InChI=1S/C18H19N3O4S/c1-11-12(2)25-18(15(11)8-19)21-17(23)10-26-9-16(22)20-13-4-6-14(24-3)7-5-13/h4-7H,9-10H2,1-3H3,(H,20,22)(H,21,23). The summed E-state index contributed by atoms with van der Waals surface area (Å²) in [7, 11) is 1.57. The molecule has 2 amide bonds. The van der Waals surface area contributed by atoms with Gasteiger partial charge in [0.2, 0.25) is 17.7 Å². The topological polar surface area (TPSA) is 104 Å². The molecule has 7 nitrogen and oxygen atoms in total. The van der Waals surface area contributed by atoms with Gasteiger partial charge in [-0.1, -0.05) is 0 Å². The van der Waals surface area contributed by atoms with E-state index in [0.29, 0.717) is 28.3 Å². The number of thioether (sulfide) groups is 1. The first-order chi connectivity index (χ1) is 12.4. The molecule has 8 heteroatoms. The summed E-state index contributed by atoms with van der Waals surface area (Å²) >= 11 is 1.17. The van der Waals surface area contributed by atoms with E-state index in [4.69, 9.17) is 14.4 Å². The number of aryl methyl sites for hydroxylation is 1. The van der Waals surface area contributed by atoms with Crippen LogP contribution in [0.25, 0.3) is 0 Å². The maximum absolute atomic E-state index is 12.0. The fraction of sp³-hybridized carbons (Fsp3) is 0.278. The lowest BCUT2D eigenvalue weighted by atomic mass is 10.2. The number of nitrogens with one attached hydrogen (secondary N) is 2. The molecule has 0 aliphatic carbocycles. The predicted octanol–water partition coefficient (Wildman–Crippen LogP) is 3.09. The lowest BCUT2D eigenvalue weighted by molar-refractivity contribution is -0.114. The minimum Gasteiger partial charge on any atom is -0.497 e. The van der Waals surface area contributed by atoms with Crippen LogP contribution in [0, 0.1) is 25.2 Å². The third-order valence-corrected chi connectivity index (χ3v) is 4.52. The van der Waals surface area contributed by atoms with Crippen molar-refractivity contribution in [1.29, 1.82) is 5.26 Å². The number of furan rings is 1. The van der Waals surface area contributed by atoms with E-state index in [1.54, 1.807) is 45.2 Å². The molecule has 1 aromatic carbocycles. The smallest absolute Gasteiger partial charge is 0.236 e. The van der Waals surface area contributed by atoms with Crippen LogP contribution < -0.4 is 15.4 Å². The van der Waals surface area contributed by atoms with Crippen LogP contribution in [0.3, 0.4) is 0 Å². The molecule has 0 atom stereocenters. The summed E-state index contributed by atoms with van der Waals surface area (Å²) in [5.74, 6) is 1.08. The van der Waals surface area contributed by atoms with Crippen molar-refractivity contribution in [2.75, 3.05) is 29.2 Å². The van der Waals surface area contributed by atoms with E-state index in [-0.39, 0.29) is 29.2 Å². The van der Waals surface area contributed by atoms with Crippen molar-refractivity contribution in [3.8, 4) is 11.8 Å². The first-order valence-electron chi connectivity index (χ1n) is 7.76. The maximum Gasteiger partial charge on any atom is 0.236 e. The van der Waals surface area contributed by atoms with Gasteiger partial charge in [0.05, 0.1) is 18.6 Å². The van der Waals surface area contributed by atoms with Gasteiger partial charge in [-0.25, -0.2) is 0 Å². The van der Waals surface area contributed by atoms with E-state index in [0.717, 1.165) is 0 Å². The fourth-order valence-electron chi connectivity index (χ4n) is 2.12. The Morgan fingerprint density at radius 2 is 1.77 bits per heavy atom. The minimum atomic E-state index is -0.336. The number of benzene rings is 1. The lowest BCUT2D eigenvalue weighted by Gasteiger charge is -2.06. The van der Waals surface area contributed by atoms with E-state index in [2.05, 4.69) is 10.6 Å². The zero-order chi connectivity index (χ0) is 19.1. The van der Waals surface area contributed by atoms with Crippen molar-refractivity contribution >= 4 is 35.1 Å². The number of ether oxygens (including phenoxy) is 1. The van der Waals surface area contributed by atoms with E-state index in [1.807, 2.05) is 6.07 Å². The number of carbonyl (C=O) groups is 2. The third-order valence-electron chi connectivity index (χ3n) is 3.59. The van der Waals surface area contributed by atoms with Gasteiger partial charge in [0.25, 0.3) is 0 Å². The summed E-state index contributed by atoms with van der Waals surface area (Å²) < 4.78 is 10.4. The Kier molecular flexibility index (Phi) is 6.69. The second-order valence-electron chi connectivity index (χ2n) is 5.42. The highest BCUT2D eigenvalue weighted by molar-refractivity contribution is 8.00. The number of hydrogen-bond donors (Lipinski definition) is 2. The first kappa shape index (κ1) is 19.4. The Balaban J connectivity index is 1.78. The van der Waals surface area contributed by atoms with Gasteiger partial charge < -0.3 is 14.5 Å². The molecule has 1 aromatic heterocycles. The number of hydrogen-bond acceptors (Lipinski definition) is 6. The largest absolute Gasteiger partial charge is 0.497 e. The molecule has 0 fully saturated rings. The number of amides is 2. The van der Waals surface area contributed by atoms with Gasteiger partial charge >= 0.3 is 0 Å². The molecule has 0 bridgehead atoms. The van der Waals surface area contributed by atoms with E-state index < -0.39 is 0 Å². The molecule has 1 heterocycles. The Morgan fingerprint density at radius 3 is 2.35 bits per heavy atom. The van der Waals surface area contributed by atoms with Crippen molar-refractivity contribution < 1.29 is 18.7 Å². The maximum atomic E-state index is 12.0. The summed E-state index contributed by atoms with van der Waals surface area (Å²) in [6.45, 7) is 3.48. The number of methoxy groups -OCH3 is 1. The summed E-state index contributed by atoms with van der Waals surface area (Å²) in [4.78, 5) is 23.9. The van der Waals surface area contributed by atoms with Crippen LogP contribution in [0.1, 0.15) is 16.9 Å². The minimum absolute atomic E-state index is 0.0691. The molecule has 0 aliphatic heterocycles. The monoisotopic (exact) mass is 373 g/mol. The molecule has 2 rings (SSSR count). The molecular formula is C18H19N3O4S. The molecule has 0 saturated heterocycles. The lowest BCUT2D eigenvalue weighted by Crippen LogP contribution is -2.18. The quantitative estimate of drug-likeness (QED) is 0.773. The number of nitriles is 1. The van der Waals surface area contributed by atoms with Crippen LogP contribution in [-0.2, 0) is 9.59 Å². The van der Waals surface area contributed by atoms with Crippen LogP contribution in [0.2, 0.25) is 0 Å². The van der Waals surface area contributed by atoms with Crippen molar-refractivity contribution in [3.05, 3.63) is 41.2 Å². The Bertz CT molecular complexity index is 837.